The molecule has 0 aliphatic carbocycles. The van der Waals surface area contributed by atoms with Gasteiger partial charge in [0.05, 0.1) is 12.2 Å². The summed E-state index contributed by atoms with van der Waals surface area (Å²) in [6, 6.07) is 10.5. The van der Waals surface area contributed by atoms with E-state index in [9.17, 15) is 0 Å². The molecule has 1 aromatic carbocycles. The van der Waals surface area contributed by atoms with Gasteiger partial charge in [-0.15, -0.1) is 0 Å². The van der Waals surface area contributed by atoms with Gasteiger partial charge in [-0.25, -0.2) is 4.68 Å². The Morgan fingerprint density at radius 2 is 1.96 bits per heavy atom. The summed E-state index contributed by atoms with van der Waals surface area (Å²) in [6.45, 7) is 6.23. The van der Waals surface area contributed by atoms with Crippen molar-refractivity contribution in [2.45, 2.75) is 45.1 Å². The fourth-order valence-electron chi connectivity index (χ4n) is 3.84. The number of nitrogens with one attached hydrogen (secondary N) is 1. The third-order valence-electron chi connectivity index (χ3n) is 5.44. The van der Waals surface area contributed by atoms with Crippen molar-refractivity contribution in [2.24, 2.45) is 0 Å². The van der Waals surface area contributed by atoms with E-state index in [0.717, 1.165) is 38.3 Å². The number of anilines is 1. The lowest BCUT2D eigenvalue weighted by Gasteiger charge is -2.32. The molecule has 0 unspecified atom stereocenters. The number of piperidine rings is 1. The highest BCUT2D eigenvalue weighted by Crippen LogP contribution is 2.31. The molecule has 3 heterocycles. The van der Waals surface area contributed by atoms with Crippen LogP contribution in [-0.2, 0) is 6.42 Å². The Bertz CT molecular complexity index is 830. The number of tetrazole rings is 1. The summed E-state index contributed by atoms with van der Waals surface area (Å²) in [6.07, 6.45) is 5.16. The summed E-state index contributed by atoms with van der Waals surface area (Å²) in [5.41, 5.74) is 3.86. The zero-order chi connectivity index (χ0) is 17.9. The van der Waals surface area contributed by atoms with E-state index in [4.69, 9.17) is 0 Å². The van der Waals surface area contributed by atoms with Crippen molar-refractivity contribution >= 4 is 5.95 Å². The lowest BCUT2D eigenvalue weighted by atomic mass is 9.91. The van der Waals surface area contributed by atoms with Crippen LogP contribution in [0.2, 0.25) is 0 Å². The lowest BCUT2D eigenvalue weighted by Crippen LogP contribution is -2.35. The topological polar surface area (TPSA) is 75.5 Å². The fourth-order valence-corrected chi connectivity index (χ4v) is 3.84. The van der Waals surface area contributed by atoms with Crippen molar-refractivity contribution in [2.75, 3.05) is 18.0 Å². The van der Waals surface area contributed by atoms with Crippen LogP contribution < -0.4 is 4.90 Å². The van der Waals surface area contributed by atoms with Crippen molar-refractivity contribution in [3.05, 3.63) is 53.3 Å². The van der Waals surface area contributed by atoms with E-state index in [1.54, 1.807) is 0 Å². The molecule has 1 N–H and O–H groups in total. The van der Waals surface area contributed by atoms with Gasteiger partial charge in [-0.05, 0) is 47.7 Å². The zero-order valence-electron chi connectivity index (χ0n) is 15.3. The summed E-state index contributed by atoms with van der Waals surface area (Å²) in [7, 11) is 0. The van der Waals surface area contributed by atoms with Gasteiger partial charge in [0.1, 0.15) is 0 Å². The highest BCUT2D eigenvalue weighted by Gasteiger charge is 2.27. The number of aryl methyl sites for hydroxylation is 1. The van der Waals surface area contributed by atoms with E-state index in [2.05, 4.69) is 68.7 Å². The van der Waals surface area contributed by atoms with Gasteiger partial charge in [-0.3, -0.25) is 5.10 Å². The second kappa shape index (κ2) is 7.27. The fraction of sp³-hybridized carbons (Fsp3) is 0.474. The molecule has 0 bridgehead atoms. The van der Waals surface area contributed by atoms with E-state index in [0.29, 0.717) is 5.92 Å². The molecule has 0 amide bonds. The molecule has 7 nitrogen and oxygen atoms in total. The predicted octanol–water partition coefficient (Wildman–Crippen LogP) is 2.95. The summed E-state index contributed by atoms with van der Waals surface area (Å²) < 4.78 is 1.93. The van der Waals surface area contributed by atoms with Gasteiger partial charge in [-0.2, -0.15) is 5.10 Å². The van der Waals surface area contributed by atoms with Crippen LogP contribution in [0.1, 0.15) is 55.5 Å². The predicted molar refractivity (Wildman–Crippen MR) is 100 cm³/mol. The third kappa shape index (κ3) is 3.09. The largest absolute Gasteiger partial charge is 0.340 e. The second-order valence-corrected chi connectivity index (χ2v) is 6.93. The highest BCUT2D eigenvalue weighted by molar-refractivity contribution is 5.33. The van der Waals surface area contributed by atoms with Gasteiger partial charge in [0.25, 0.3) is 0 Å². The van der Waals surface area contributed by atoms with Crippen molar-refractivity contribution in [1.82, 2.24) is 30.4 Å². The number of H-pyrrole nitrogens is 1. The number of nitrogens with zero attached hydrogens (tertiary/aromatic N) is 6. The van der Waals surface area contributed by atoms with Gasteiger partial charge in [0.15, 0.2) is 0 Å². The molecule has 1 aliphatic rings. The minimum absolute atomic E-state index is 0.109. The molecule has 2 aromatic heterocycles. The van der Waals surface area contributed by atoms with Gasteiger partial charge in [0, 0.05) is 24.7 Å². The smallest absolute Gasteiger partial charge is 0.246 e. The van der Waals surface area contributed by atoms with Crippen molar-refractivity contribution < 1.29 is 0 Å². The molecule has 1 aliphatic heterocycles. The summed E-state index contributed by atoms with van der Waals surface area (Å²) in [5.74, 6) is 1.40. The molecule has 7 heteroatoms. The summed E-state index contributed by atoms with van der Waals surface area (Å²) in [4.78, 5) is 2.30. The maximum atomic E-state index is 4.32. The van der Waals surface area contributed by atoms with Crippen molar-refractivity contribution in [3.8, 4) is 0 Å². The van der Waals surface area contributed by atoms with E-state index in [1.165, 1.54) is 16.8 Å². The van der Waals surface area contributed by atoms with E-state index < -0.39 is 0 Å². The van der Waals surface area contributed by atoms with Crippen LogP contribution in [0.3, 0.4) is 0 Å². The molecule has 0 radical (unpaired) electrons. The van der Waals surface area contributed by atoms with Gasteiger partial charge in [-0.1, -0.05) is 42.4 Å². The molecule has 3 aromatic rings. The highest BCUT2D eigenvalue weighted by atomic mass is 15.6. The van der Waals surface area contributed by atoms with E-state index in [-0.39, 0.29) is 6.04 Å². The van der Waals surface area contributed by atoms with E-state index >= 15 is 0 Å². The SMILES string of the molecule is CCc1cn[nH]c1C1CCN(c2nnnn2[C@H](C)c2ccccc2)CC1. The standard InChI is InChI=1S/C19H25N7/c1-3-15-13-20-21-18(15)17-9-11-25(12-10-17)19-22-23-24-26(19)14(2)16-7-5-4-6-8-16/h4-8,13-14,17H,3,9-12H2,1-2H3,(H,20,21)/t14-/m1/s1. The average molecular weight is 351 g/mol. The van der Waals surface area contributed by atoms with Crippen LogP contribution >= 0.6 is 0 Å². The Labute approximate surface area is 153 Å². The molecule has 136 valence electrons. The Hall–Kier alpha value is -2.70. The third-order valence-corrected chi connectivity index (χ3v) is 5.44. The van der Waals surface area contributed by atoms with Crippen molar-refractivity contribution in [3.63, 3.8) is 0 Å². The van der Waals surface area contributed by atoms with E-state index in [1.807, 2.05) is 16.9 Å². The molecule has 1 saturated heterocycles. The number of aromatic amines is 1. The van der Waals surface area contributed by atoms with Crippen LogP contribution in [0.15, 0.2) is 36.5 Å². The Morgan fingerprint density at radius 3 is 2.69 bits per heavy atom. The molecular formula is C19H25N7. The second-order valence-electron chi connectivity index (χ2n) is 6.93. The lowest BCUT2D eigenvalue weighted by molar-refractivity contribution is 0.469. The molecule has 1 atom stereocenters. The number of benzene rings is 1. The van der Waals surface area contributed by atoms with Crippen LogP contribution in [0.25, 0.3) is 0 Å². The minimum atomic E-state index is 0.109. The zero-order valence-corrected chi connectivity index (χ0v) is 15.3. The van der Waals surface area contributed by atoms with Crippen LogP contribution in [-0.4, -0.2) is 43.5 Å². The molecular weight excluding hydrogens is 326 g/mol. The van der Waals surface area contributed by atoms with Gasteiger partial charge < -0.3 is 4.90 Å². The van der Waals surface area contributed by atoms with Crippen LogP contribution in [0, 0.1) is 0 Å². The Kier molecular flexibility index (Phi) is 4.69. The van der Waals surface area contributed by atoms with Gasteiger partial charge >= 0.3 is 0 Å². The molecule has 4 rings (SSSR count). The van der Waals surface area contributed by atoms with Gasteiger partial charge in [0.2, 0.25) is 5.95 Å². The first-order chi connectivity index (χ1) is 12.8. The maximum Gasteiger partial charge on any atom is 0.246 e. The Morgan fingerprint density at radius 1 is 1.19 bits per heavy atom. The number of aromatic nitrogens is 6. The average Bonchev–Trinajstić information content (AvgIpc) is 3.37. The number of hydrogen-bond donors (Lipinski definition) is 1. The minimum Gasteiger partial charge on any atom is -0.340 e. The van der Waals surface area contributed by atoms with Crippen LogP contribution in [0.4, 0.5) is 5.95 Å². The van der Waals surface area contributed by atoms with Crippen molar-refractivity contribution in [1.29, 1.82) is 0 Å². The maximum absolute atomic E-state index is 4.32. The monoisotopic (exact) mass is 351 g/mol. The molecule has 0 saturated carbocycles. The number of hydrogen-bond acceptors (Lipinski definition) is 5. The number of rotatable bonds is 5. The first-order valence-electron chi connectivity index (χ1n) is 9.37. The first kappa shape index (κ1) is 16.8. The van der Waals surface area contributed by atoms with Crippen LogP contribution in [0.5, 0.6) is 0 Å². The molecule has 1 fully saturated rings. The quantitative estimate of drug-likeness (QED) is 0.765. The summed E-state index contributed by atoms with van der Waals surface area (Å²) in [5, 5.41) is 20.0. The summed E-state index contributed by atoms with van der Waals surface area (Å²) >= 11 is 0. The first-order valence-corrected chi connectivity index (χ1v) is 9.37. The molecule has 26 heavy (non-hydrogen) atoms. The Balaban J connectivity index is 1.48. The molecule has 0 spiro atoms. The normalized spacial score (nSPS) is 16.8.